The third-order valence-corrected chi connectivity index (χ3v) is 3.72. The molecule has 2 N–H and O–H groups in total. The van der Waals surface area contributed by atoms with Crippen LogP contribution < -0.4 is 5.73 Å². The molecule has 0 radical (unpaired) electrons. The third kappa shape index (κ3) is 2.16. The van der Waals surface area contributed by atoms with Crippen LogP contribution >= 0.6 is 11.3 Å². The molecule has 0 saturated carbocycles. The zero-order valence-corrected chi connectivity index (χ0v) is 10.2. The number of amides is 1. The van der Waals surface area contributed by atoms with Gasteiger partial charge in [0, 0.05) is 12.6 Å². The van der Waals surface area contributed by atoms with E-state index in [1.54, 1.807) is 0 Å². The van der Waals surface area contributed by atoms with Gasteiger partial charge in [0.2, 0.25) is 10.1 Å². The standard InChI is InChI=1S/C10H16N4OS/c1-2-7-5-3-4-6-14(7)9(15)8-12-13-10(11)16-8/h7H,2-6H2,1H3,(H2,11,13). The SMILES string of the molecule is CCC1CCCCN1C(=O)c1nnc(N)s1. The summed E-state index contributed by atoms with van der Waals surface area (Å²) in [5.74, 6) is -0.0132. The molecular formula is C10H16N4OS. The molecular weight excluding hydrogens is 224 g/mol. The lowest BCUT2D eigenvalue weighted by atomic mass is 10.00. The van der Waals surface area contributed by atoms with Gasteiger partial charge in [0.1, 0.15) is 0 Å². The summed E-state index contributed by atoms with van der Waals surface area (Å²) in [6, 6.07) is 0.353. The summed E-state index contributed by atoms with van der Waals surface area (Å²) < 4.78 is 0. The minimum Gasteiger partial charge on any atom is -0.374 e. The van der Waals surface area contributed by atoms with Crippen molar-refractivity contribution in [2.24, 2.45) is 0 Å². The van der Waals surface area contributed by atoms with Crippen LogP contribution in [0.2, 0.25) is 0 Å². The van der Waals surface area contributed by atoms with Crippen molar-refractivity contribution in [1.29, 1.82) is 0 Å². The number of hydrogen-bond acceptors (Lipinski definition) is 5. The Morgan fingerprint density at radius 2 is 2.38 bits per heavy atom. The van der Waals surface area contributed by atoms with Crippen LogP contribution in [-0.4, -0.2) is 33.6 Å². The maximum Gasteiger partial charge on any atom is 0.285 e. The van der Waals surface area contributed by atoms with E-state index in [4.69, 9.17) is 5.73 Å². The van der Waals surface area contributed by atoms with E-state index in [-0.39, 0.29) is 5.91 Å². The highest BCUT2D eigenvalue weighted by molar-refractivity contribution is 7.16. The molecule has 1 unspecified atom stereocenters. The maximum atomic E-state index is 12.2. The van der Waals surface area contributed by atoms with Gasteiger partial charge in [-0.2, -0.15) is 0 Å². The summed E-state index contributed by atoms with van der Waals surface area (Å²) in [7, 11) is 0. The second-order valence-corrected chi connectivity index (χ2v) is 5.01. The van der Waals surface area contributed by atoms with Gasteiger partial charge in [-0.05, 0) is 25.7 Å². The van der Waals surface area contributed by atoms with Crippen LogP contribution in [0.4, 0.5) is 5.13 Å². The van der Waals surface area contributed by atoms with Gasteiger partial charge in [-0.15, -0.1) is 10.2 Å². The van der Waals surface area contributed by atoms with Crippen LogP contribution in [0.5, 0.6) is 0 Å². The Morgan fingerprint density at radius 3 is 3.00 bits per heavy atom. The van der Waals surface area contributed by atoms with Crippen molar-refractivity contribution in [3.63, 3.8) is 0 Å². The lowest BCUT2D eigenvalue weighted by Crippen LogP contribution is -2.43. The number of piperidine rings is 1. The van der Waals surface area contributed by atoms with Gasteiger partial charge < -0.3 is 10.6 Å². The van der Waals surface area contributed by atoms with E-state index in [1.807, 2.05) is 4.90 Å². The fraction of sp³-hybridized carbons (Fsp3) is 0.700. The summed E-state index contributed by atoms with van der Waals surface area (Å²) >= 11 is 1.17. The molecule has 1 fully saturated rings. The minimum absolute atomic E-state index is 0.0132. The van der Waals surface area contributed by atoms with Crippen molar-refractivity contribution in [3.05, 3.63) is 5.01 Å². The number of aromatic nitrogens is 2. The molecule has 1 saturated heterocycles. The van der Waals surface area contributed by atoms with Crippen LogP contribution in [0, 0.1) is 0 Å². The van der Waals surface area contributed by atoms with E-state index in [0.717, 1.165) is 25.8 Å². The number of likely N-dealkylation sites (tertiary alicyclic amines) is 1. The maximum absolute atomic E-state index is 12.2. The van der Waals surface area contributed by atoms with Crippen molar-refractivity contribution >= 4 is 22.4 Å². The number of carbonyl (C=O) groups excluding carboxylic acids is 1. The van der Waals surface area contributed by atoms with Crippen molar-refractivity contribution in [2.45, 2.75) is 38.6 Å². The van der Waals surface area contributed by atoms with Gasteiger partial charge in [-0.25, -0.2) is 0 Å². The van der Waals surface area contributed by atoms with Gasteiger partial charge in [0.25, 0.3) is 5.91 Å². The van der Waals surface area contributed by atoms with Crippen molar-refractivity contribution in [2.75, 3.05) is 12.3 Å². The lowest BCUT2D eigenvalue weighted by molar-refractivity contribution is 0.0607. The average molecular weight is 240 g/mol. The van der Waals surface area contributed by atoms with Crippen LogP contribution in [0.15, 0.2) is 0 Å². The number of carbonyl (C=O) groups is 1. The Morgan fingerprint density at radius 1 is 1.56 bits per heavy atom. The summed E-state index contributed by atoms with van der Waals surface area (Å²) in [5, 5.41) is 8.26. The van der Waals surface area contributed by atoms with Gasteiger partial charge >= 0.3 is 0 Å². The Kier molecular flexibility index (Phi) is 3.38. The number of nitrogens with two attached hydrogens (primary N) is 1. The molecule has 1 aliphatic rings. The molecule has 1 atom stereocenters. The molecule has 0 aliphatic carbocycles. The molecule has 0 spiro atoms. The van der Waals surface area contributed by atoms with Crippen molar-refractivity contribution in [3.8, 4) is 0 Å². The molecule has 2 rings (SSSR count). The average Bonchev–Trinajstić information content (AvgIpc) is 2.75. The highest BCUT2D eigenvalue weighted by Crippen LogP contribution is 2.23. The molecule has 1 aromatic heterocycles. The largest absolute Gasteiger partial charge is 0.374 e. The minimum atomic E-state index is -0.0132. The second-order valence-electron chi connectivity index (χ2n) is 4.00. The molecule has 1 aromatic rings. The van der Waals surface area contributed by atoms with Crippen LogP contribution in [0.25, 0.3) is 0 Å². The van der Waals surface area contributed by atoms with Gasteiger partial charge in [0.05, 0.1) is 0 Å². The predicted octanol–water partition coefficient (Wildman–Crippen LogP) is 1.52. The van der Waals surface area contributed by atoms with Crippen molar-refractivity contribution < 1.29 is 4.79 Å². The number of nitrogens with zero attached hydrogens (tertiary/aromatic N) is 3. The molecule has 88 valence electrons. The normalized spacial score (nSPS) is 21.1. The molecule has 1 aliphatic heterocycles. The predicted molar refractivity (Wildman–Crippen MR) is 63.3 cm³/mol. The van der Waals surface area contributed by atoms with E-state index in [2.05, 4.69) is 17.1 Å². The highest BCUT2D eigenvalue weighted by Gasteiger charge is 2.28. The number of anilines is 1. The number of rotatable bonds is 2. The van der Waals surface area contributed by atoms with E-state index in [0.29, 0.717) is 16.2 Å². The van der Waals surface area contributed by atoms with E-state index >= 15 is 0 Å². The highest BCUT2D eigenvalue weighted by atomic mass is 32.1. The fourth-order valence-electron chi connectivity index (χ4n) is 2.14. The Bertz CT molecular complexity index is 379. The Balaban J connectivity index is 2.13. The Hall–Kier alpha value is -1.17. The smallest absolute Gasteiger partial charge is 0.285 e. The molecule has 1 amide bonds. The molecule has 16 heavy (non-hydrogen) atoms. The topological polar surface area (TPSA) is 72.1 Å². The first-order valence-corrected chi connectivity index (χ1v) is 6.44. The summed E-state index contributed by atoms with van der Waals surface area (Å²) in [4.78, 5) is 14.1. The Labute approximate surface area is 98.7 Å². The van der Waals surface area contributed by atoms with Crippen LogP contribution in [-0.2, 0) is 0 Å². The third-order valence-electron chi connectivity index (χ3n) is 2.98. The van der Waals surface area contributed by atoms with Crippen molar-refractivity contribution in [1.82, 2.24) is 15.1 Å². The zero-order valence-electron chi connectivity index (χ0n) is 9.35. The van der Waals surface area contributed by atoms with Gasteiger partial charge in [-0.3, -0.25) is 4.79 Å². The molecule has 5 nitrogen and oxygen atoms in total. The fourth-order valence-corrected chi connectivity index (χ4v) is 2.70. The molecule has 2 heterocycles. The molecule has 0 aromatic carbocycles. The lowest BCUT2D eigenvalue weighted by Gasteiger charge is -2.34. The van der Waals surface area contributed by atoms with Gasteiger partial charge in [0.15, 0.2) is 0 Å². The van der Waals surface area contributed by atoms with Crippen LogP contribution in [0.3, 0.4) is 0 Å². The van der Waals surface area contributed by atoms with E-state index in [1.165, 1.54) is 17.8 Å². The number of nitrogen functional groups attached to an aromatic ring is 1. The number of hydrogen-bond donors (Lipinski definition) is 1. The summed E-state index contributed by atoms with van der Waals surface area (Å²) in [5.41, 5.74) is 5.49. The first kappa shape index (κ1) is 11.3. The first-order chi connectivity index (χ1) is 7.72. The molecule has 6 heteroatoms. The second kappa shape index (κ2) is 4.78. The first-order valence-electron chi connectivity index (χ1n) is 5.62. The zero-order chi connectivity index (χ0) is 11.5. The quantitative estimate of drug-likeness (QED) is 0.850. The molecule has 0 bridgehead atoms. The summed E-state index contributed by atoms with van der Waals surface area (Å²) in [6.07, 6.45) is 4.38. The van der Waals surface area contributed by atoms with E-state index < -0.39 is 0 Å². The van der Waals surface area contributed by atoms with E-state index in [9.17, 15) is 4.79 Å². The summed E-state index contributed by atoms with van der Waals surface area (Å²) in [6.45, 7) is 2.95. The van der Waals surface area contributed by atoms with Crippen LogP contribution in [0.1, 0.15) is 42.4 Å². The monoisotopic (exact) mass is 240 g/mol. The van der Waals surface area contributed by atoms with Gasteiger partial charge in [-0.1, -0.05) is 18.3 Å².